The van der Waals surface area contributed by atoms with Gasteiger partial charge in [-0.15, -0.1) is 0 Å². The van der Waals surface area contributed by atoms with Crippen molar-refractivity contribution in [3.05, 3.63) is 58.9 Å². The highest BCUT2D eigenvalue weighted by Crippen LogP contribution is 2.21. The molecule has 2 aromatic carbocycles. The Morgan fingerprint density at radius 1 is 1.07 bits per heavy atom. The van der Waals surface area contributed by atoms with E-state index in [4.69, 9.17) is 21.7 Å². The maximum atomic E-state index is 5.74. The third kappa shape index (κ3) is 5.07. The maximum Gasteiger partial charge on any atom is 0.216 e. The lowest BCUT2D eigenvalue weighted by molar-refractivity contribution is 0.306. The number of nitrogens with zero attached hydrogens (tertiary/aromatic N) is 3. The molecule has 6 nitrogen and oxygen atoms in total. The van der Waals surface area contributed by atoms with E-state index in [-0.39, 0.29) is 0 Å². The number of nitrogens with one attached hydrogen (secondary N) is 1. The standard InChI is InChI=1S/C21H24N4O2S/c1-3-4-5-14-27-19-10-6-16(7-11-19)15-22-25-20(23-24-21(25)28)17-8-12-18(26-2)13-9-17/h6-13,15H,3-5,14H2,1-2H3,(H,24,28)/b22-15-. The fourth-order valence-electron chi connectivity index (χ4n) is 2.64. The summed E-state index contributed by atoms with van der Waals surface area (Å²) in [4.78, 5) is 0. The van der Waals surface area contributed by atoms with E-state index in [1.165, 1.54) is 12.8 Å². The van der Waals surface area contributed by atoms with Crippen LogP contribution in [0.3, 0.4) is 0 Å². The van der Waals surface area contributed by atoms with Gasteiger partial charge in [0, 0.05) is 5.56 Å². The predicted octanol–water partition coefficient (Wildman–Crippen LogP) is 5.07. The molecule has 3 aromatic rings. The first kappa shape index (κ1) is 19.8. The van der Waals surface area contributed by atoms with Crippen LogP contribution in [0.5, 0.6) is 11.5 Å². The van der Waals surface area contributed by atoms with Crippen molar-refractivity contribution in [2.45, 2.75) is 26.2 Å². The summed E-state index contributed by atoms with van der Waals surface area (Å²) in [6.45, 7) is 2.93. The second-order valence-electron chi connectivity index (χ2n) is 6.26. The Morgan fingerprint density at radius 2 is 1.79 bits per heavy atom. The van der Waals surface area contributed by atoms with Gasteiger partial charge in [-0.2, -0.15) is 14.9 Å². The van der Waals surface area contributed by atoms with Crippen LogP contribution in [0.4, 0.5) is 0 Å². The zero-order chi connectivity index (χ0) is 19.8. The minimum absolute atomic E-state index is 0.429. The smallest absolute Gasteiger partial charge is 0.216 e. The number of ether oxygens (including phenoxy) is 2. The molecule has 1 N–H and O–H groups in total. The number of rotatable bonds is 9. The monoisotopic (exact) mass is 396 g/mol. The Hall–Kier alpha value is -2.93. The molecule has 3 rings (SSSR count). The van der Waals surface area contributed by atoms with Crippen LogP contribution < -0.4 is 9.47 Å². The summed E-state index contributed by atoms with van der Waals surface area (Å²) >= 11 is 5.31. The molecule has 0 saturated carbocycles. The molecule has 7 heteroatoms. The lowest BCUT2D eigenvalue weighted by Gasteiger charge is -2.05. The van der Waals surface area contributed by atoms with Gasteiger partial charge >= 0.3 is 0 Å². The third-order valence-corrected chi connectivity index (χ3v) is 4.48. The first-order valence-corrected chi connectivity index (χ1v) is 9.71. The Labute approximate surface area is 169 Å². The Morgan fingerprint density at radius 3 is 2.46 bits per heavy atom. The Balaban J connectivity index is 1.72. The van der Waals surface area contributed by atoms with Gasteiger partial charge in [0.1, 0.15) is 11.5 Å². The molecule has 146 valence electrons. The second-order valence-corrected chi connectivity index (χ2v) is 6.65. The van der Waals surface area contributed by atoms with Crippen molar-refractivity contribution in [3.8, 4) is 22.9 Å². The van der Waals surface area contributed by atoms with Crippen molar-refractivity contribution in [2.75, 3.05) is 13.7 Å². The van der Waals surface area contributed by atoms with Crippen molar-refractivity contribution >= 4 is 18.4 Å². The van der Waals surface area contributed by atoms with Gasteiger partial charge in [-0.25, -0.2) is 5.10 Å². The maximum absolute atomic E-state index is 5.74. The molecule has 0 atom stereocenters. The molecular formula is C21H24N4O2S. The van der Waals surface area contributed by atoms with E-state index in [1.807, 2.05) is 48.5 Å². The highest BCUT2D eigenvalue weighted by molar-refractivity contribution is 7.71. The van der Waals surface area contributed by atoms with E-state index < -0.39 is 0 Å². The molecule has 0 aliphatic rings. The first-order valence-electron chi connectivity index (χ1n) is 9.30. The predicted molar refractivity (Wildman–Crippen MR) is 114 cm³/mol. The fourth-order valence-corrected chi connectivity index (χ4v) is 2.82. The molecule has 0 radical (unpaired) electrons. The molecule has 0 amide bonds. The summed E-state index contributed by atoms with van der Waals surface area (Å²) in [5, 5.41) is 11.6. The molecule has 0 spiro atoms. The van der Waals surface area contributed by atoms with E-state index >= 15 is 0 Å². The molecule has 0 bridgehead atoms. The average molecular weight is 397 g/mol. The van der Waals surface area contributed by atoms with E-state index in [9.17, 15) is 0 Å². The SMILES string of the molecule is CCCCCOc1ccc(/C=N\n2c(-c3ccc(OC)cc3)n[nH]c2=S)cc1. The lowest BCUT2D eigenvalue weighted by Crippen LogP contribution is -1.97. The molecule has 28 heavy (non-hydrogen) atoms. The van der Waals surface area contributed by atoms with Gasteiger partial charge in [0.15, 0.2) is 5.82 Å². The summed E-state index contributed by atoms with van der Waals surface area (Å²) < 4.78 is 13.0. The van der Waals surface area contributed by atoms with Gasteiger partial charge in [0.2, 0.25) is 4.77 Å². The van der Waals surface area contributed by atoms with Crippen molar-refractivity contribution in [3.63, 3.8) is 0 Å². The number of aromatic amines is 1. The molecule has 0 saturated heterocycles. The normalized spacial score (nSPS) is 11.1. The number of methoxy groups -OCH3 is 1. The van der Waals surface area contributed by atoms with Crippen molar-refractivity contribution < 1.29 is 9.47 Å². The topological polar surface area (TPSA) is 64.4 Å². The van der Waals surface area contributed by atoms with E-state index in [0.29, 0.717) is 10.6 Å². The molecule has 0 aliphatic heterocycles. The molecule has 1 heterocycles. The van der Waals surface area contributed by atoms with Gasteiger partial charge in [-0.3, -0.25) is 0 Å². The minimum Gasteiger partial charge on any atom is -0.497 e. The average Bonchev–Trinajstić information content (AvgIpc) is 3.11. The van der Waals surface area contributed by atoms with Crippen molar-refractivity contribution in [1.82, 2.24) is 14.9 Å². The number of hydrogen-bond acceptors (Lipinski definition) is 5. The van der Waals surface area contributed by atoms with Gasteiger partial charge in [0.25, 0.3) is 0 Å². The van der Waals surface area contributed by atoms with Gasteiger partial charge in [0.05, 0.1) is 19.9 Å². The summed E-state index contributed by atoms with van der Waals surface area (Å²) in [7, 11) is 1.64. The van der Waals surface area contributed by atoms with Crippen LogP contribution in [-0.4, -0.2) is 34.8 Å². The number of benzene rings is 2. The number of aromatic nitrogens is 3. The molecule has 0 fully saturated rings. The molecule has 1 aromatic heterocycles. The summed E-state index contributed by atoms with van der Waals surface area (Å²) in [5.74, 6) is 2.29. The molecular weight excluding hydrogens is 372 g/mol. The quantitative estimate of drug-likeness (QED) is 0.312. The zero-order valence-electron chi connectivity index (χ0n) is 16.1. The second kappa shape index (κ2) is 9.85. The fraction of sp³-hybridized carbons (Fsp3) is 0.286. The minimum atomic E-state index is 0.429. The van der Waals surface area contributed by atoms with Crippen molar-refractivity contribution in [2.24, 2.45) is 5.10 Å². The highest BCUT2D eigenvalue weighted by atomic mass is 32.1. The molecule has 0 aliphatic carbocycles. The summed E-state index contributed by atoms with van der Waals surface area (Å²) in [6, 6.07) is 15.4. The van der Waals surface area contributed by atoms with Crippen LogP contribution in [0.25, 0.3) is 11.4 Å². The Bertz CT molecular complexity index is 959. The highest BCUT2D eigenvalue weighted by Gasteiger charge is 2.08. The molecule has 0 unspecified atom stereocenters. The van der Waals surface area contributed by atoms with Crippen LogP contribution in [-0.2, 0) is 0 Å². The van der Waals surface area contributed by atoms with Gasteiger partial charge < -0.3 is 9.47 Å². The van der Waals surface area contributed by atoms with Crippen LogP contribution in [0.2, 0.25) is 0 Å². The van der Waals surface area contributed by atoms with E-state index in [0.717, 1.165) is 35.7 Å². The third-order valence-electron chi connectivity index (χ3n) is 4.22. The number of H-pyrrole nitrogens is 1. The largest absolute Gasteiger partial charge is 0.497 e. The van der Waals surface area contributed by atoms with Gasteiger partial charge in [-0.1, -0.05) is 19.8 Å². The summed E-state index contributed by atoms with van der Waals surface area (Å²) in [6.07, 6.45) is 5.20. The van der Waals surface area contributed by atoms with Crippen LogP contribution in [0.15, 0.2) is 53.6 Å². The van der Waals surface area contributed by atoms with Crippen molar-refractivity contribution in [1.29, 1.82) is 0 Å². The first-order chi connectivity index (χ1) is 13.7. The Kier molecular flexibility index (Phi) is 6.97. The lowest BCUT2D eigenvalue weighted by atomic mass is 10.2. The zero-order valence-corrected chi connectivity index (χ0v) is 16.9. The van der Waals surface area contributed by atoms with Crippen LogP contribution in [0.1, 0.15) is 31.7 Å². The number of hydrogen-bond donors (Lipinski definition) is 1. The number of unbranched alkanes of at least 4 members (excludes halogenated alkanes) is 2. The van der Waals surface area contributed by atoms with Gasteiger partial charge in [-0.05, 0) is 72.7 Å². The van der Waals surface area contributed by atoms with E-state index in [1.54, 1.807) is 18.0 Å². The van der Waals surface area contributed by atoms with Crippen LogP contribution in [0, 0.1) is 4.77 Å². The summed E-state index contributed by atoms with van der Waals surface area (Å²) in [5.41, 5.74) is 1.84. The van der Waals surface area contributed by atoms with E-state index in [2.05, 4.69) is 22.2 Å². The van der Waals surface area contributed by atoms with Crippen LogP contribution >= 0.6 is 12.2 Å².